The van der Waals surface area contributed by atoms with Crippen LogP contribution in [-0.2, 0) is 18.4 Å². The van der Waals surface area contributed by atoms with Crippen LogP contribution in [0.1, 0.15) is 72.3 Å². The van der Waals surface area contributed by atoms with Gasteiger partial charge in [0.25, 0.3) is 5.91 Å². The molecule has 0 bridgehead atoms. The molecule has 1 fully saturated rings. The second-order valence-corrected chi connectivity index (χ2v) is 8.82. The van der Waals surface area contributed by atoms with Gasteiger partial charge in [0.15, 0.2) is 0 Å². The van der Waals surface area contributed by atoms with Crippen molar-refractivity contribution in [1.82, 2.24) is 15.2 Å². The second-order valence-electron chi connectivity index (χ2n) is 8.82. The van der Waals surface area contributed by atoms with Crippen molar-refractivity contribution in [2.24, 2.45) is 0 Å². The third kappa shape index (κ3) is 3.63. The Hall–Kier alpha value is -2.20. The summed E-state index contributed by atoms with van der Waals surface area (Å²) >= 11 is 0. The van der Waals surface area contributed by atoms with Gasteiger partial charge in [-0.2, -0.15) is 0 Å². The molecule has 0 unspecified atom stereocenters. The number of nitrogens with zero attached hydrogens (tertiary/aromatic N) is 2. The van der Waals surface area contributed by atoms with Crippen LogP contribution in [0, 0.1) is 0 Å². The zero-order valence-corrected chi connectivity index (χ0v) is 16.6. The highest BCUT2D eigenvalue weighted by Gasteiger charge is 2.29. The van der Waals surface area contributed by atoms with Gasteiger partial charge in [0, 0.05) is 31.5 Å². The van der Waals surface area contributed by atoms with Crippen LogP contribution in [0.15, 0.2) is 36.7 Å². The molecule has 0 radical (unpaired) electrons. The van der Waals surface area contributed by atoms with Crippen molar-refractivity contribution >= 4 is 5.91 Å². The molecule has 1 atom stereocenters. The van der Waals surface area contributed by atoms with E-state index < -0.39 is 0 Å². The SMILES string of the molecule is CC(C)(C)c1cc2c(c([C@@H]3CCCN3)c1)CN(C(=O)c1cccnc1)CC2. The Morgan fingerprint density at radius 2 is 2.15 bits per heavy atom. The van der Waals surface area contributed by atoms with Crippen molar-refractivity contribution in [1.29, 1.82) is 0 Å². The summed E-state index contributed by atoms with van der Waals surface area (Å²) in [4.78, 5) is 19.0. The maximum Gasteiger partial charge on any atom is 0.255 e. The van der Waals surface area contributed by atoms with Crippen LogP contribution in [0.5, 0.6) is 0 Å². The first-order valence-electron chi connectivity index (χ1n) is 10.0. The molecule has 142 valence electrons. The van der Waals surface area contributed by atoms with E-state index in [0.717, 1.165) is 19.5 Å². The molecule has 1 amide bonds. The van der Waals surface area contributed by atoms with E-state index >= 15 is 0 Å². The lowest BCUT2D eigenvalue weighted by atomic mass is 9.80. The van der Waals surface area contributed by atoms with Crippen molar-refractivity contribution in [3.05, 3.63) is 64.5 Å². The average molecular weight is 364 g/mol. The number of fused-ring (bicyclic) bond motifs is 1. The van der Waals surface area contributed by atoms with Crippen LogP contribution in [0.25, 0.3) is 0 Å². The number of hydrogen-bond donors (Lipinski definition) is 1. The molecule has 0 saturated carbocycles. The number of rotatable bonds is 2. The van der Waals surface area contributed by atoms with Crippen molar-refractivity contribution in [2.45, 2.75) is 58.0 Å². The van der Waals surface area contributed by atoms with E-state index in [1.54, 1.807) is 12.4 Å². The summed E-state index contributed by atoms with van der Waals surface area (Å²) in [6.45, 7) is 9.38. The molecule has 3 heterocycles. The van der Waals surface area contributed by atoms with Gasteiger partial charge in [0.2, 0.25) is 0 Å². The second kappa shape index (κ2) is 7.08. The molecule has 0 aliphatic carbocycles. The number of aromatic nitrogens is 1. The van der Waals surface area contributed by atoms with E-state index in [1.165, 1.54) is 35.1 Å². The lowest BCUT2D eigenvalue weighted by Gasteiger charge is -2.34. The molecule has 4 nitrogen and oxygen atoms in total. The predicted molar refractivity (Wildman–Crippen MR) is 108 cm³/mol. The molecule has 1 N–H and O–H groups in total. The van der Waals surface area contributed by atoms with Crippen LogP contribution in [0.2, 0.25) is 0 Å². The van der Waals surface area contributed by atoms with E-state index in [9.17, 15) is 4.79 Å². The Kier molecular flexibility index (Phi) is 4.77. The summed E-state index contributed by atoms with van der Waals surface area (Å²) in [5, 5.41) is 3.66. The van der Waals surface area contributed by atoms with Crippen LogP contribution in [0.4, 0.5) is 0 Å². The minimum atomic E-state index is 0.0824. The average Bonchev–Trinajstić information content (AvgIpc) is 3.20. The number of benzene rings is 1. The third-order valence-corrected chi connectivity index (χ3v) is 5.87. The number of carbonyl (C=O) groups excluding carboxylic acids is 1. The van der Waals surface area contributed by atoms with Crippen molar-refractivity contribution < 1.29 is 4.79 Å². The number of carbonyl (C=O) groups is 1. The van der Waals surface area contributed by atoms with E-state index in [0.29, 0.717) is 18.2 Å². The quantitative estimate of drug-likeness (QED) is 0.877. The maximum atomic E-state index is 12.9. The molecule has 27 heavy (non-hydrogen) atoms. The fourth-order valence-corrected chi connectivity index (χ4v) is 4.24. The molecule has 1 saturated heterocycles. The molecule has 2 aliphatic rings. The largest absolute Gasteiger partial charge is 0.334 e. The summed E-state index contributed by atoms with van der Waals surface area (Å²) < 4.78 is 0. The van der Waals surface area contributed by atoms with E-state index in [1.807, 2.05) is 17.0 Å². The van der Waals surface area contributed by atoms with Gasteiger partial charge in [0.1, 0.15) is 0 Å². The monoisotopic (exact) mass is 363 g/mol. The van der Waals surface area contributed by atoms with Gasteiger partial charge in [-0.15, -0.1) is 0 Å². The van der Waals surface area contributed by atoms with E-state index in [2.05, 4.69) is 43.2 Å². The summed E-state index contributed by atoms with van der Waals surface area (Å²) in [5.41, 5.74) is 6.38. The Bertz CT molecular complexity index is 833. The summed E-state index contributed by atoms with van der Waals surface area (Å²) in [5.74, 6) is 0.0824. The first kappa shape index (κ1) is 18.2. The van der Waals surface area contributed by atoms with E-state index in [-0.39, 0.29) is 11.3 Å². The van der Waals surface area contributed by atoms with Crippen molar-refractivity contribution in [3.63, 3.8) is 0 Å². The van der Waals surface area contributed by atoms with Gasteiger partial charge in [0.05, 0.1) is 5.56 Å². The topological polar surface area (TPSA) is 45.2 Å². The molecular formula is C23H29N3O. The Morgan fingerprint density at radius 1 is 1.30 bits per heavy atom. The fraction of sp³-hybridized carbons (Fsp3) is 0.478. The Morgan fingerprint density at radius 3 is 2.81 bits per heavy atom. The Balaban J connectivity index is 1.70. The molecule has 4 rings (SSSR count). The number of nitrogens with one attached hydrogen (secondary N) is 1. The lowest BCUT2D eigenvalue weighted by molar-refractivity contribution is 0.0733. The summed E-state index contributed by atoms with van der Waals surface area (Å²) in [6.07, 6.45) is 6.69. The summed E-state index contributed by atoms with van der Waals surface area (Å²) in [7, 11) is 0. The standard InChI is InChI=1S/C23H29N3O/c1-23(2,3)18-12-16-8-11-26(22(27)17-6-4-9-24-14-17)15-20(16)19(13-18)21-7-5-10-25-21/h4,6,9,12-14,21,25H,5,7-8,10-11,15H2,1-3H3/t21-/m0/s1. The molecule has 2 aromatic rings. The van der Waals surface area contributed by atoms with Crippen molar-refractivity contribution in [2.75, 3.05) is 13.1 Å². The first-order valence-corrected chi connectivity index (χ1v) is 10.0. The molecule has 1 aromatic carbocycles. The zero-order valence-electron chi connectivity index (χ0n) is 16.6. The number of amides is 1. The highest BCUT2D eigenvalue weighted by Crippen LogP contribution is 2.36. The third-order valence-electron chi connectivity index (χ3n) is 5.87. The van der Waals surface area contributed by atoms with Crippen LogP contribution >= 0.6 is 0 Å². The molecule has 0 spiro atoms. The van der Waals surface area contributed by atoms with Crippen LogP contribution in [-0.4, -0.2) is 28.9 Å². The van der Waals surface area contributed by atoms with E-state index in [4.69, 9.17) is 0 Å². The first-order chi connectivity index (χ1) is 12.9. The van der Waals surface area contributed by atoms with Gasteiger partial charge >= 0.3 is 0 Å². The minimum Gasteiger partial charge on any atom is -0.334 e. The fourth-order valence-electron chi connectivity index (χ4n) is 4.24. The highest BCUT2D eigenvalue weighted by molar-refractivity contribution is 5.94. The predicted octanol–water partition coefficient (Wildman–Crippen LogP) is 4.00. The smallest absolute Gasteiger partial charge is 0.255 e. The van der Waals surface area contributed by atoms with Gasteiger partial charge < -0.3 is 10.2 Å². The van der Waals surface area contributed by atoms with Crippen LogP contribution < -0.4 is 5.32 Å². The van der Waals surface area contributed by atoms with Crippen LogP contribution in [0.3, 0.4) is 0 Å². The molecule has 4 heteroatoms. The molecular weight excluding hydrogens is 334 g/mol. The summed E-state index contributed by atoms with van der Waals surface area (Å²) in [6, 6.07) is 8.86. The van der Waals surface area contributed by atoms with Gasteiger partial charge in [-0.1, -0.05) is 32.9 Å². The number of hydrogen-bond acceptors (Lipinski definition) is 3. The van der Waals surface area contributed by atoms with Gasteiger partial charge in [-0.25, -0.2) is 0 Å². The maximum absolute atomic E-state index is 12.9. The number of pyridine rings is 1. The molecule has 1 aromatic heterocycles. The zero-order chi connectivity index (χ0) is 19.0. The van der Waals surface area contributed by atoms with Gasteiger partial charge in [-0.3, -0.25) is 9.78 Å². The lowest BCUT2D eigenvalue weighted by Crippen LogP contribution is -2.37. The minimum absolute atomic E-state index is 0.0824. The van der Waals surface area contributed by atoms with Gasteiger partial charge in [-0.05, 0) is 65.6 Å². The molecule has 2 aliphatic heterocycles. The normalized spacial score (nSPS) is 19.8. The highest BCUT2D eigenvalue weighted by atomic mass is 16.2. The Labute approximate surface area is 162 Å². The van der Waals surface area contributed by atoms with Crippen molar-refractivity contribution in [3.8, 4) is 0 Å².